The predicted molar refractivity (Wildman–Crippen MR) is 105 cm³/mol. The Hall–Kier alpha value is -1.89. The minimum atomic E-state index is -0.246. The van der Waals surface area contributed by atoms with Crippen LogP contribution in [-0.2, 0) is 5.75 Å². The van der Waals surface area contributed by atoms with Crippen molar-refractivity contribution < 1.29 is 4.79 Å². The Bertz CT molecular complexity index is 911. The van der Waals surface area contributed by atoms with Gasteiger partial charge in [0.2, 0.25) is 5.13 Å². The largest absolute Gasteiger partial charge is 0.296 e. The molecular weight excluding hydrogens is 374 g/mol. The third-order valence-corrected chi connectivity index (χ3v) is 5.83. The van der Waals surface area contributed by atoms with Crippen LogP contribution in [0.3, 0.4) is 0 Å². The molecule has 0 saturated heterocycles. The maximum atomic E-state index is 12.2. The molecule has 0 saturated carbocycles. The van der Waals surface area contributed by atoms with Crippen LogP contribution in [0.15, 0.2) is 46.8 Å². The monoisotopic (exact) mass is 389 g/mol. The number of rotatable bonds is 5. The molecule has 0 radical (unpaired) electrons. The summed E-state index contributed by atoms with van der Waals surface area (Å²) >= 11 is 8.89. The van der Waals surface area contributed by atoms with Gasteiger partial charge in [-0.3, -0.25) is 10.1 Å². The molecule has 1 N–H and O–H groups in total. The summed E-state index contributed by atoms with van der Waals surface area (Å²) in [4.78, 5) is 12.2. The van der Waals surface area contributed by atoms with E-state index in [1.54, 1.807) is 36.0 Å². The average molecular weight is 390 g/mol. The number of hydrogen-bond acceptors (Lipinski definition) is 5. The Morgan fingerprint density at radius 3 is 2.84 bits per heavy atom. The summed E-state index contributed by atoms with van der Waals surface area (Å²) in [6, 6.07) is 13.2. The van der Waals surface area contributed by atoms with Gasteiger partial charge in [0.15, 0.2) is 4.34 Å². The van der Waals surface area contributed by atoms with Gasteiger partial charge in [-0.25, -0.2) is 0 Å². The fraction of sp³-hybridized carbons (Fsp3) is 0.167. The zero-order valence-electron chi connectivity index (χ0n) is 13.7. The highest BCUT2D eigenvalue weighted by Gasteiger charge is 2.11. The molecule has 0 fully saturated rings. The molecule has 1 amide bonds. The Kier molecular flexibility index (Phi) is 5.73. The lowest BCUT2D eigenvalue weighted by Gasteiger charge is -2.05. The maximum Gasteiger partial charge on any atom is 0.257 e. The summed E-state index contributed by atoms with van der Waals surface area (Å²) in [5, 5.41) is 11.9. The molecule has 3 aromatic rings. The molecule has 0 unspecified atom stereocenters. The molecule has 4 nitrogen and oxygen atoms in total. The van der Waals surface area contributed by atoms with Crippen molar-refractivity contribution in [2.45, 2.75) is 23.9 Å². The van der Waals surface area contributed by atoms with Crippen LogP contribution in [0.2, 0.25) is 5.02 Å². The fourth-order valence-corrected chi connectivity index (χ4v) is 4.21. The van der Waals surface area contributed by atoms with E-state index in [-0.39, 0.29) is 5.91 Å². The van der Waals surface area contributed by atoms with Crippen molar-refractivity contribution >= 4 is 45.7 Å². The Balaban J connectivity index is 1.62. The Labute approximate surface area is 159 Å². The number of halogens is 1. The smallest absolute Gasteiger partial charge is 0.257 e. The molecular formula is C18H16ClN3OS2. The molecule has 7 heteroatoms. The summed E-state index contributed by atoms with van der Waals surface area (Å²) < 4.78 is 0.822. The van der Waals surface area contributed by atoms with Crippen molar-refractivity contribution in [2.75, 3.05) is 5.32 Å². The Morgan fingerprint density at radius 1 is 1.20 bits per heavy atom. The van der Waals surface area contributed by atoms with Gasteiger partial charge in [0.05, 0.1) is 0 Å². The van der Waals surface area contributed by atoms with E-state index in [1.807, 2.05) is 0 Å². The van der Waals surface area contributed by atoms with E-state index < -0.39 is 0 Å². The standard InChI is InChI=1S/C18H16ClN3OS2/c1-11-6-7-12(2)14(8-11)10-24-18-22-21-17(25-18)20-16(23)13-4-3-5-15(19)9-13/h3-9H,10H2,1-2H3,(H,20,21,23). The molecule has 128 valence electrons. The number of amides is 1. The van der Waals surface area contributed by atoms with Gasteiger partial charge in [-0.2, -0.15) is 0 Å². The minimum absolute atomic E-state index is 0.246. The molecule has 0 aliphatic carbocycles. The van der Waals surface area contributed by atoms with Crippen LogP contribution in [0.5, 0.6) is 0 Å². The zero-order chi connectivity index (χ0) is 17.8. The highest BCUT2D eigenvalue weighted by atomic mass is 35.5. The van der Waals surface area contributed by atoms with E-state index >= 15 is 0 Å². The second-order valence-electron chi connectivity index (χ2n) is 5.56. The highest BCUT2D eigenvalue weighted by molar-refractivity contribution is 8.00. The molecule has 2 aromatic carbocycles. The third-order valence-electron chi connectivity index (χ3n) is 3.57. The van der Waals surface area contributed by atoms with Crippen molar-refractivity contribution in [1.29, 1.82) is 0 Å². The first kappa shape index (κ1) is 17.9. The van der Waals surface area contributed by atoms with Gasteiger partial charge in [0.25, 0.3) is 5.91 Å². The highest BCUT2D eigenvalue weighted by Crippen LogP contribution is 2.29. The number of aryl methyl sites for hydroxylation is 2. The molecule has 1 aromatic heterocycles. The molecule has 3 rings (SSSR count). The number of anilines is 1. The van der Waals surface area contributed by atoms with Gasteiger partial charge in [-0.05, 0) is 43.2 Å². The quantitative estimate of drug-likeness (QED) is 0.471. The number of nitrogens with zero attached hydrogens (tertiary/aromatic N) is 2. The molecule has 1 heterocycles. The van der Waals surface area contributed by atoms with E-state index in [2.05, 4.69) is 47.6 Å². The molecule has 0 aliphatic rings. The first-order valence-corrected chi connectivity index (χ1v) is 9.78. The van der Waals surface area contributed by atoms with E-state index in [1.165, 1.54) is 28.0 Å². The lowest BCUT2D eigenvalue weighted by atomic mass is 10.1. The summed E-state index contributed by atoms with van der Waals surface area (Å²) in [6.07, 6.45) is 0. The second kappa shape index (κ2) is 7.99. The zero-order valence-corrected chi connectivity index (χ0v) is 16.1. The van der Waals surface area contributed by atoms with Crippen molar-refractivity contribution in [1.82, 2.24) is 10.2 Å². The van der Waals surface area contributed by atoms with Crippen molar-refractivity contribution in [3.8, 4) is 0 Å². The van der Waals surface area contributed by atoms with E-state index in [0.717, 1.165) is 10.1 Å². The van der Waals surface area contributed by atoms with Gasteiger partial charge in [-0.1, -0.05) is 64.5 Å². The molecule has 25 heavy (non-hydrogen) atoms. The van der Waals surface area contributed by atoms with Crippen LogP contribution >= 0.6 is 34.7 Å². The van der Waals surface area contributed by atoms with Crippen LogP contribution in [0.25, 0.3) is 0 Å². The van der Waals surface area contributed by atoms with Crippen molar-refractivity contribution in [3.05, 3.63) is 69.7 Å². The number of benzene rings is 2. The first-order chi connectivity index (χ1) is 12.0. The molecule has 0 spiro atoms. The van der Waals surface area contributed by atoms with Gasteiger partial charge in [-0.15, -0.1) is 10.2 Å². The van der Waals surface area contributed by atoms with Crippen LogP contribution in [-0.4, -0.2) is 16.1 Å². The van der Waals surface area contributed by atoms with Gasteiger partial charge in [0.1, 0.15) is 0 Å². The Morgan fingerprint density at radius 2 is 2.04 bits per heavy atom. The van der Waals surface area contributed by atoms with Crippen LogP contribution < -0.4 is 5.32 Å². The van der Waals surface area contributed by atoms with E-state index in [0.29, 0.717) is 15.7 Å². The minimum Gasteiger partial charge on any atom is -0.296 e. The summed E-state index contributed by atoms with van der Waals surface area (Å²) in [6.45, 7) is 4.19. The van der Waals surface area contributed by atoms with Crippen LogP contribution in [0.1, 0.15) is 27.0 Å². The number of hydrogen-bond donors (Lipinski definition) is 1. The van der Waals surface area contributed by atoms with Gasteiger partial charge < -0.3 is 0 Å². The lowest BCUT2D eigenvalue weighted by Crippen LogP contribution is -2.11. The number of nitrogens with one attached hydrogen (secondary N) is 1. The molecule has 0 aliphatic heterocycles. The third kappa shape index (κ3) is 4.81. The maximum absolute atomic E-state index is 12.2. The SMILES string of the molecule is Cc1ccc(C)c(CSc2nnc(NC(=O)c3cccc(Cl)c3)s2)c1. The van der Waals surface area contributed by atoms with E-state index in [9.17, 15) is 4.79 Å². The average Bonchev–Trinajstić information content (AvgIpc) is 3.03. The summed E-state index contributed by atoms with van der Waals surface area (Å²) in [5.74, 6) is 0.578. The topological polar surface area (TPSA) is 54.9 Å². The van der Waals surface area contributed by atoms with E-state index in [4.69, 9.17) is 11.6 Å². The molecule has 0 atom stereocenters. The molecule has 0 bridgehead atoms. The normalized spacial score (nSPS) is 10.7. The predicted octanol–water partition coefficient (Wildman–Crippen LogP) is 5.35. The van der Waals surface area contributed by atoms with Crippen LogP contribution in [0.4, 0.5) is 5.13 Å². The summed E-state index contributed by atoms with van der Waals surface area (Å²) in [5.41, 5.74) is 4.28. The number of carbonyl (C=O) groups is 1. The van der Waals surface area contributed by atoms with Crippen molar-refractivity contribution in [2.24, 2.45) is 0 Å². The lowest BCUT2D eigenvalue weighted by molar-refractivity contribution is 0.102. The van der Waals surface area contributed by atoms with Crippen molar-refractivity contribution in [3.63, 3.8) is 0 Å². The second-order valence-corrected chi connectivity index (χ2v) is 8.19. The summed E-state index contributed by atoms with van der Waals surface area (Å²) in [7, 11) is 0. The van der Waals surface area contributed by atoms with Gasteiger partial charge in [0, 0.05) is 16.3 Å². The first-order valence-electron chi connectivity index (χ1n) is 7.60. The number of thioether (sulfide) groups is 1. The number of aromatic nitrogens is 2. The number of carbonyl (C=O) groups excluding carboxylic acids is 1. The van der Waals surface area contributed by atoms with Gasteiger partial charge >= 0.3 is 0 Å². The fourth-order valence-electron chi connectivity index (χ4n) is 2.21. The van der Waals surface area contributed by atoms with Crippen LogP contribution in [0, 0.1) is 13.8 Å².